The Morgan fingerprint density at radius 3 is 1.14 bits per heavy atom. The highest BCUT2D eigenvalue weighted by Crippen LogP contribution is 2.37. The highest BCUT2D eigenvalue weighted by atomic mass is 14.9. The number of H-pyrrole nitrogens is 2. The molecule has 2 aliphatic rings. The number of nitrogens with zero attached hydrogens (tertiary/aromatic N) is 2. The molecule has 8 bridgehead atoms. The lowest BCUT2D eigenvalue weighted by atomic mass is 10.0. The van der Waals surface area contributed by atoms with Gasteiger partial charge in [-0.2, -0.15) is 0 Å². The average Bonchev–Trinajstić information content (AvgIpc) is 3.99. The van der Waals surface area contributed by atoms with Crippen molar-refractivity contribution < 1.29 is 0 Å². The summed E-state index contributed by atoms with van der Waals surface area (Å²) < 4.78 is 0. The predicted octanol–water partition coefficient (Wildman–Crippen LogP) is 11.4. The minimum absolute atomic E-state index is 0.839. The van der Waals surface area contributed by atoms with E-state index >= 15 is 0 Å². The van der Waals surface area contributed by atoms with E-state index in [0.717, 1.165) is 89.6 Å². The lowest BCUT2D eigenvalue weighted by molar-refractivity contribution is 1.31. The van der Waals surface area contributed by atoms with Crippen LogP contribution in [-0.4, -0.2) is 19.9 Å². The molecule has 5 nitrogen and oxygen atoms in total. The minimum Gasteiger partial charge on any atom is -0.354 e. The average molecular weight is 630 g/mol. The van der Waals surface area contributed by atoms with E-state index in [9.17, 15) is 0 Å². The first-order chi connectivity index (χ1) is 24.3. The summed E-state index contributed by atoms with van der Waals surface area (Å²) in [7, 11) is 0. The number of rotatable bonds is 5. The summed E-state index contributed by atoms with van der Waals surface area (Å²) in [6.45, 7) is 0. The van der Waals surface area contributed by atoms with Crippen molar-refractivity contribution in [3.8, 4) is 33.4 Å². The lowest BCUT2D eigenvalue weighted by Gasteiger charge is -2.08. The third-order valence-corrected chi connectivity index (χ3v) is 8.98. The molecule has 0 amide bonds. The van der Waals surface area contributed by atoms with Crippen LogP contribution in [0.15, 0.2) is 146 Å². The SMILES string of the molecule is C1=Cc2nc1c(Nc1ccccc1)c1ccc([nH]1)c(-c1ccccc1)c1nc(c(-c3ccccc3)c3ccc([nH]3)c2-c2ccccc2)C=C1. The van der Waals surface area contributed by atoms with Gasteiger partial charge in [0, 0.05) is 38.9 Å². The third-order valence-electron chi connectivity index (χ3n) is 8.98. The van der Waals surface area contributed by atoms with E-state index in [1.807, 2.05) is 36.4 Å². The standard InChI is InChI=1S/C44H31N5/c1-5-13-29(14-6-1)41-33-21-23-35(46-33)42(30-15-7-2-8-16-30)37-25-27-39(48-37)44(45-32-19-11-4-12-20-32)40-28-26-38(49-40)43(31-17-9-3-10-18-31)36-24-22-34(41)47-36/h1-28,45-46,49H. The van der Waals surface area contributed by atoms with E-state index in [1.165, 1.54) is 0 Å². The van der Waals surface area contributed by atoms with Crippen molar-refractivity contribution in [2.45, 2.75) is 0 Å². The van der Waals surface area contributed by atoms with Gasteiger partial charge in [0.2, 0.25) is 0 Å². The topological polar surface area (TPSA) is 69.4 Å². The van der Waals surface area contributed by atoms with Crippen molar-refractivity contribution >= 4 is 57.7 Å². The van der Waals surface area contributed by atoms with Gasteiger partial charge in [-0.05, 0) is 77.4 Å². The molecule has 0 saturated heterocycles. The number of hydrogen-bond donors (Lipinski definition) is 3. The van der Waals surface area contributed by atoms with Crippen LogP contribution in [0.4, 0.5) is 11.4 Å². The van der Waals surface area contributed by atoms with Crippen LogP contribution in [0.3, 0.4) is 0 Å². The zero-order valence-electron chi connectivity index (χ0n) is 26.6. The number of nitrogens with one attached hydrogen (secondary N) is 3. The predicted molar refractivity (Wildman–Crippen MR) is 205 cm³/mol. The molecular formula is C44H31N5. The number of aromatic amines is 2. The van der Waals surface area contributed by atoms with Gasteiger partial charge >= 0.3 is 0 Å². The van der Waals surface area contributed by atoms with Crippen LogP contribution in [0, 0.1) is 0 Å². The number of anilines is 2. The molecule has 0 atom stereocenters. The Balaban J connectivity index is 1.45. The summed E-state index contributed by atoms with van der Waals surface area (Å²) >= 11 is 0. The summed E-state index contributed by atoms with van der Waals surface area (Å²) in [5.74, 6) is 0. The molecule has 232 valence electrons. The van der Waals surface area contributed by atoms with Crippen LogP contribution in [-0.2, 0) is 0 Å². The molecule has 3 N–H and O–H groups in total. The second kappa shape index (κ2) is 12.1. The fourth-order valence-corrected chi connectivity index (χ4v) is 6.73. The van der Waals surface area contributed by atoms with E-state index in [4.69, 9.17) is 9.97 Å². The summed E-state index contributed by atoms with van der Waals surface area (Å²) in [6.07, 6.45) is 8.47. The first kappa shape index (κ1) is 28.5. The smallest absolute Gasteiger partial charge is 0.0894 e. The van der Waals surface area contributed by atoms with Crippen LogP contribution in [0.25, 0.3) is 79.8 Å². The van der Waals surface area contributed by atoms with Crippen LogP contribution in [0.1, 0.15) is 22.8 Å². The first-order valence-electron chi connectivity index (χ1n) is 16.4. The van der Waals surface area contributed by atoms with Crippen LogP contribution in [0.2, 0.25) is 0 Å². The molecule has 49 heavy (non-hydrogen) atoms. The zero-order valence-corrected chi connectivity index (χ0v) is 26.6. The maximum absolute atomic E-state index is 5.34. The van der Waals surface area contributed by atoms with Crippen LogP contribution >= 0.6 is 0 Å². The van der Waals surface area contributed by atoms with Crippen molar-refractivity contribution in [1.29, 1.82) is 0 Å². The number of benzene rings is 4. The van der Waals surface area contributed by atoms with Gasteiger partial charge in [-0.3, -0.25) is 0 Å². The second-order valence-electron chi connectivity index (χ2n) is 12.1. The zero-order chi connectivity index (χ0) is 32.6. The number of para-hydroxylation sites is 1. The van der Waals surface area contributed by atoms with Crippen LogP contribution < -0.4 is 5.32 Å². The highest BCUT2D eigenvalue weighted by Gasteiger charge is 2.18. The molecular weight excluding hydrogens is 599 g/mol. The van der Waals surface area contributed by atoms with Gasteiger partial charge < -0.3 is 15.3 Å². The molecule has 5 heteroatoms. The van der Waals surface area contributed by atoms with E-state index < -0.39 is 0 Å². The quantitative estimate of drug-likeness (QED) is 0.177. The molecule has 0 spiro atoms. The van der Waals surface area contributed by atoms with Gasteiger partial charge in [0.15, 0.2) is 0 Å². The van der Waals surface area contributed by atoms with E-state index in [1.54, 1.807) is 0 Å². The van der Waals surface area contributed by atoms with Crippen molar-refractivity contribution in [2.75, 3.05) is 5.32 Å². The summed E-state index contributed by atoms with van der Waals surface area (Å²) in [4.78, 5) is 18.2. The Bertz CT molecular complexity index is 2510. The second-order valence-corrected chi connectivity index (χ2v) is 12.1. The van der Waals surface area contributed by atoms with Gasteiger partial charge in [-0.25, -0.2) is 9.97 Å². The van der Waals surface area contributed by atoms with E-state index in [-0.39, 0.29) is 0 Å². The monoisotopic (exact) mass is 629 g/mol. The Hall–Kier alpha value is -6.72. The fourth-order valence-electron chi connectivity index (χ4n) is 6.73. The highest BCUT2D eigenvalue weighted by molar-refractivity contribution is 5.99. The van der Waals surface area contributed by atoms with Gasteiger partial charge in [0.25, 0.3) is 0 Å². The molecule has 0 fully saturated rings. The molecule has 3 aromatic heterocycles. The number of aromatic nitrogens is 4. The summed E-state index contributed by atoms with van der Waals surface area (Å²) in [5, 5.41) is 3.69. The summed E-state index contributed by atoms with van der Waals surface area (Å²) in [6, 6.07) is 50.2. The fraction of sp³-hybridized carbons (Fsp3) is 0. The van der Waals surface area contributed by atoms with Gasteiger partial charge in [-0.15, -0.1) is 0 Å². The number of hydrogen-bond acceptors (Lipinski definition) is 3. The van der Waals surface area contributed by atoms with Crippen molar-refractivity contribution in [1.82, 2.24) is 19.9 Å². The van der Waals surface area contributed by atoms with E-state index in [0.29, 0.717) is 0 Å². The van der Waals surface area contributed by atoms with Crippen molar-refractivity contribution in [2.24, 2.45) is 0 Å². The minimum atomic E-state index is 0.839. The van der Waals surface area contributed by atoms with E-state index in [2.05, 4.69) is 149 Å². The first-order valence-corrected chi connectivity index (χ1v) is 16.4. The lowest BCUT2D eigenvalue weighted by Crippen LogP contribution is -1.94. The molecule has 4 aromatic carbocycles. The van der Waals surface area contributed by atoms with Crippen molar-refractivity contribution in [3.05, 3.63) is 168 Å². The van der Waals surface area contributed by atoms with Crippen molar-refractivity contribution in [3.63, 3.8) is 0 Å². The molecule has 7 aromatic rings. The Morgan fingerprint density at radius 1 is 0.347 bits per heavy atom. The van der Waals surface area contributed by atoms with Gasteiger partial charge in [0.05, 0.1) is 34.0 Å². The molecule has 0 saturated carbocycles. The number of fused-ring (bicyclic) bond motifs is 8. The maximum atomic E-state index is 5.34. The molecule has 0 aliphatic carbocycles. The largest absolute Gasteiger partial charge is 0.354 e. The Morgan fingerprint density at radius 2 is 0.694 bits per heavy atom. The molecule has 0 unspecified atom stereocenters. The Kier molecular flexibility index (Phi) is 7.06. The van der Waals surface area contributed by atoms with Gasteiger partial charge in [0.1, 0.15) is 0 Å². The van der Waals surface area contributed by atoms with Crippen LogP contribution in [0.5, 0.6) is 0 Å². The summed E-state index contributed by atoms with van der Waals surface area (Å²) in [5.41, 5.74) is 15.6. The molecule has 0 radical (unpaired) electrons. The molecule has 9 rings (SSSR count). The molecule has 2 aliphatic heterocycles. The third kappa shape index (κ3) is 5.33. The normalized spacial score (nSPS) is 11.9. The maximum Gasteiger partial charge on any atom is 0.0894 e. The van der Waals surface area contributed by atoms with Gasteiger partial charge in [-0.1, -0.05) is 109 Å². The molecule has 5 heterocycles. The Labute approximate surface area is 284 Å².